The molecule has 0 spiro atoms. The largest absolute Gasteiger partial charge is 0.487 e. The van der Waals surface area contributed by atoms with Crippen LogP contribution in [-0.2, 0) is 24.0 Å². The lowest BCUT2D eigenvalue weighted by Crippen LogP contribution is -2.28. The quantitative estimate of drug-likeness (QED) is 0.585. The van der Waals surface area contributed by atoms with Gasteiger partial charge in [-0.05, 0) is 48.4 Å². The summed E-state index contributed by atoms with van der Waals surface area (Å²) in [6.07, 6.45) is -2.88. The van der Waals surface area contributed by atoms with E-state index in [1.807, 2.05) is 49.4 Å². The molecule has 1 aromatic heterocycles. The first-order valence-corrected chi connectivity index (χ1v) is 9.39. The second-order valence-corrected chi connectivity index (χ2v) is 6.85. The number of nitrogens with one attached hydrogen (secondary N) is 1. The van der Waals surface area contributed by atoms with Crippen molar-refractivity contribution in [2.45, 2.75) is 32.2 Å². The fourth-order valence-electron chi connectivity index (χ4n) is 2.93. The van der Waals surface area contributed by atoms with Crippen LogP contribution in [0.1, 0.15) is 35.3 Å². The maximum atomic E-state index is 12.8. The lowest BCUT2D eigenvalue weighted by atomic mass is 10.1. The molecule has 0 saturated carbocycles. The molecule has 2 aromatic carbocycles. The van der Waals surface area contributed by atoms with Crippen LogP contribution in [0.3, 0.4) is 0 Å². The number of aromatic nitrogens is 1. The van der Waals surface area contributed by atoms with Gasteiger partial charge in [-0.25, -0.2) is 0 Å². The second kappa shape index (κ2) is 9.43. The van der Waals surface area contributed by atoms with Gasteiger partial charge < -0.3 is 10.1 Å². The highest BCUT2D eigenvalue weighted by Gasteiger charge is 2.30. The van der Waals surface area contributed by atoms with E-state index < -0.39 is 11.7 Å². The number of nitrogens with zero attached hydrogens (tertiary/aromatic N) is 1. The second-order valence-electron chi connectivity index (χ2n) is 6.85. The first-order valence-electron chi connectivity index (χ1n) is 9.39. The third kappa shape index (κ3) is 6.07. The third-order valence-electron chi connectivity index (χ3n) is 4.47. The minimum absolute atomic E-state index is 0.135. The summed E-state index contributed by atoms with van der Waals surface area (Å²) < 4.78 is 44.2. The molecule has 0 bridgehead atoms. The SMILES string of the molecule is CC(NC(=O)Cc1cccc(C(F)(F)F)c1)c1cccc(OCc2ccccn2)c1. The van der Waals surface area contributed by atoms with E-state index in [1.54, 1.807) is 6.20 Å². The van der Waals surface area contributed by atoms with Crippen LogP contribution in [0.15, 0.2) is 72.9 Å². The van der Waals surface area contributed by atoms with Gasteiger partial charge in [-0.2, -0.15) is 13.2 Å². The molecule has 0 aliphatic rings. The van der Waals surface area contributed by atoms with E-state index in [2.05, 4.69) is 10.3 Å². The Hall–Kier alpha value is -3.35. The fourth-order valence-corrected chi connectivity index (χ4v) is 2.93. The van der Waals surface area contributed by atoms with E-state index in [0.29, 0.717) is 17.9 Å². The summed E-state index contributed by atoms with van der Waals surface area (Å²) in [6.45, 7) is 2.13. The molecule has 30 heavy (non-hydrogen) atoms. The predicted molar refractivity (Wildman–Crippen MR) is 107 cm³/mol. The Morgan fingerprint density at radius 1 is 1.07 bits per heavy atom. The molecule has 0 fully saturated rings. The average molecular weight is 414 g/mol. The molecule has 1 atom stereocenters. The van der Waals surface area contributed by atoms with Crippen LogP contribution in [0.25, 0.3) is 0 Å². The van der Waals surface area contributed by atoms with Crippen LogP contribution in [0.5, 0.6) is 5.75 Å². The van der Waals surface area contributed by atoms with Gasteiger partial charge in [0.2, 0.25) is 5.91 Å². The number of halogens is 3. The Kier molecular flexibility index (Phi) is 6.72. The normalized spacial score (nSPS) is 12.3. The van der Waals surface area contributed by atoms with E-state index >= 15 is 0 Å². The van der Waals surface area contributed by atoms with Gasteiger partial charge in [-0.15, -0.1) is 0 Å². The number of ether oxygens (including phenoxy) is 1. The summed E-state index contributed by atoms with van der Waals surface area (Å²) in [7, 11) is 0. The Bertz CT molecular complexity index is 991. The van der Waals surface area contributed by atoms with Gasteiger partial charge >= 0.3 is 6.18 Å². The van der Waals surface area contributed by atoms with Gasteiger partial charge in [-0.3, -0.25) is 9.78 Å². The summed E-state index contributed by atoms with van der Waals surface area (Å²) >= 11 is 0. The molecule has 1 amide bonds. The number of rotatable bonds is 7. The number of carbonyl (C=O) groups excluding carboxylic acids is 1. The molecule has 156 valence electrons. The van der Waals surface area contributed by atoms with Crippen LogP contribution in [-0.4, -0.2) is 10.9 Å². The molecule has 3 rings (SSSR count). The molecule has 0 radical (unpaired) electrons. The van der Waals surface area contributed by atoms with E-state index in [4.69, 9.17) is 4.74 Å². The molecular weight excluding hydrogens is 393 g/mol. The number of hydrogen-bond acceptors (Lipinski definition) is 3. The maximum Gasteiger partial charge on any atom is 0.416 e. The number of amides is 1. The fraction of sp³-hybridized carbons (Fsp3) is 0.217. The zero-order chi connectivity index (χ0) is 21.6. The van der Waals surface area contributed by atoms with Gasteiger partial charge in [0.25, 0.3) is 0 Å². The van der Waals surface area contributed by atoms with Crippen molar-refractivity contribution in [3.05, 3.63) is 95.3 Å². The monoisotopic (exact) mass is 414 g/mol. The average Bonchev–Trinajstić information content (AvgIpc) is 2.73. The summed E-state index contributed by atoms with van der Waals surface area (Å²) in [5, 5.41) is 2.82. The molecule has 7 heteroatoms. The van der Waals surface area contributed by atoms with Crippen molar-refractivity contribution in [2.75, 3.05) is 0 Å². The highest BCUT2D eigenvalue weighted by molar-refractivity contribution is 5.79. The number of alkyl halides is 3. The van der Waals surface area contributed by atoms with Gasteiger partial charge in [0.1, 0.15) is 12.4 Å². The van der Waals surface area contributed by atoms with Crippen molar-refractivity contribution in [3.8, 4) is 5.75 Å². The molecule has 3 aromatic rings. The Morgan fingerprint density at radius 3 is 2.60 bits per heavy atom. The van der Waals surface area contributed by atoms with Crippen LogP contribution in [0.4, 0.5) is 13.2 Å². The van der Waals surface area contributed by atoms with Gasteiger partial charge in [0, 0.05) is 6.20 Å². The highest BCUT2D eigenvalue weighted by Crippen LogP contribution is 2.29. The lowest BCUT2D eigenvalue weighted by molar-refractivity contribution is -0.137. The highest BCUT2D eigenvalue weighted by atomic mass is 19.4. The molecular formula is C23H21F3N2O2. The maximum absolute atomic E-state index is 12.8. The van der Waals surface area contributed by atoms with E-state index in [1.165, 1.54) is 12.1 Å². The molecule has 1 unspecified atom stereocenters. The van der Waals surface area contributed by atoms with Crippen LogP contribution in [0.2, 0.25) is 0 Å². The molecule has 0 aliphatic carbocycles. The zero-order valence-electron chi connectivity index (χ0n) is 16.3. The molecule has 0 saturated heterocycles. The van der Waals surface area contributed by atoms with Crippen molar-refractivity contribution < 1.29 is 22.7 Å². The molecule has 0 aliphatic heterocycles. The van der Waals surface area contributed by atoms with Crippen molar-refractivity contribution in [1.82, 2.24) is 10.3 Å². The predicted octanol–water partition coefficient (Wildman–Crippen LogP) is 5.10. The number of carbonyl (C=O) groups is 1. The Balaban J connectivity index is 1.59. The first kappa shape index (κ1) is 21.4. The minimum Gasteiger partial charge on any atom is -0.487 e. The number of benzene rings is 2. The van der Waals surface area contributed by atoms with Crippen LogP contribution < -0.4 is 10.1 Å². The molecule has 1 N–H and O–H groups in total. The summed E-state index contributed by atoms with van der Waals surface area (Å²) in [5.74, 6) is 0.277. The van der Waals surface area contributed by atoms with Crippen molar-refractivity contribution in [3.63, 3.8) is 0 Å². The Morgan fingerprint density at radius 2 is 1.87 bits per heavy atom. The Labute approximate surface area is 172 Å². The standard InChI is InChI=1S/C23H21F3N2O2/c1-16(28-22(29)13-17-6-4-8-19(12-17)23(24,25)26)18-7-5-10-21(14-18)30-15-20-9-2-3-11-27-20/h2-12,14,16H,13,15H2,1H3,(H,28,29). The van der Waals surface area contributed by atoms with Crippen LogP contribution in [0, 0.1) is 0 Å². The third-order valence-corrected chi connectivity index (χ3v) is 4.47. The van der Waals surface area contributed by atoms with Crippen LogP contribution >= 0.6 is 0 Å². The molecule has 4 nitrogen and oxygen atoms in total. The summed E-state index contributed by atoms with van der Waals surface area (Å²) in [5.41, 5.74) is 1.16. The minimum atomic E-state index is -4.44. The van der Waals surface area contributed by atoms with E-state index in [-0.39, 0.29) is 18.4 Å². The van der Waals surface area contributed by atoms with Crippen molar-refractivity contribution in [2.24, 2.45) is 0 Å². The van der Waals surface area contributed by atoms with Gasteiger partial charge in [-0.1, -0.05) is 36.4 Å². The molecule has 1 heterocycles. The van der Waals surface area contributed by atoms with Crippen molar-refractivity contribution >= 4 is 5.91 Å². The topological polar surface area (TPSA) is 51.2 Å². The smallest absolute Gasteiger partial charge is 0.416 e. The van der Waals surface area contributed by atoms with E-state index in [9.17, 15) is 18.0 Å². The van der Waals surface area contributed by atoms with E-state index in [0.717, 1.165) is 23.4 Å². The van der Waals surface area contributed by atoms with Crippen molar-refractivity contribution in [1.29, 1.82) is 0 Å². The summed E-state index contributed by atoms with van der Waals surface area (Å²) in [6, 6.07) is 17.3. The first-order chi connectivity index (χ1) is 14.3. The number of hydrogen-bond donors (Lipinski definition) is 1. The number of pyridine rings is 1. The van der Waals surface area contributed by atoms with Gasteiger partial charge in [0.15, 0.2) is 0 Å². The summed E-state index contributed by atoms with van der Waals surface area (Å²) in [4.78, 5) is 16.5. The zero-order valence-corrected chi connectivity index (χ0v) is 16.3. The van der Waals surface area contributed by atoms with Gasteiger partial charge in [0.05, 0.1) is 23.7 Å². The lowest BCUT2D eigenvalue weighted by Gasteiger charge is -2.16.